The number of ether oxygens (including phenoxy) is 1. The molecule has 0 aromatic heterocycles. The molecular formula is C29H29NO2. The summed E-state index contributed by atoms with van der Waals surface area (Å²) in [6.45, 7) is 3.45. The number of likely N-dealkylation sites (tertiary alicyclic amines) is 1. The van der Waals surface area contributed by atoms with Gasteiger partial charge in [0.05, 0.1) is 0 Å². The molecule has 1 aliphatic heterocycles. The molecule has 0 saturated carbocycles. The van der Waals surface area contributed by atoms with Gasteiger partial charge in [-0.15, -0.1) is 0 Å². The lowest BCUT2D eigenvalue weighted by atomic mass is 9.96. The molecule has 1 aliphatic rings. The van der Waals surface area contributed by atoms with E-state index in [1.54, 1.807) is 0 Å². The van der Waals surface area contributed by atoms with Crippen molar-refractivity contribution in [3.05, 3.63) is 114 Å². The van der Waals surface area contributed by atoms with E-state index in [0.29, 0.717) is 5.75 Å². The van der Waals surface area contributed by atoms with Crippen molar-refractivity contribution in [3.63, 3.8) is 0 Å². The summed E-state index contributed by atoms with van der Waals surface area (Å²) in [7, 11) is 0. The van der Waals surface area contributed by atoms with Gasteiger partial charge in [-0.25, -0.2) is 0 Å². The van der Waals surface area contributed by atoms with E-state index in [1.165, 1.54) is 37.3 Å². The fourth-order valence-corrected chi connectivity index (χ4v) is 4.18. The Balaban J connectivity index is 1.84. The van der Waals surface area contributed by atoms with Gasteiger partial charge in [0, 0.05) is 31.3 Å². The van der Waals surface area contributed by atoms with E-state index in [0.717, 1.165) is 29.9 Å². The van der Waals surface area contributed by atoms with Crippen LogP contribution in [0.4, 0.5) is 0 Å². The lowest BCUT2D eigenvalue weighted by Crippen LogP contribution is -2.28. The summed E-state index contributed by atoms with van der Waals surface area (Å²) in [6.07, 6.45) is 7.97. The molecule has 32 heavy (non-hydrogen) atoms. The third-order valence-corrected chi connectivity index (χ3v) is 5.69. The largest absolute Gasteiger partial charge is 0.426 e. The summed E-state index contributed by atoms with van der Waals surface area (Å²) < 4.78 is 5.57. The van der Waals surface area contributed by atoms with Gasteiger partial charge in [-0.1, -0.05) is 78.9 Å². The maximum atomic E-state index is 11.7. The fourth-order valence-electron chi connectivity index (χ4n) is 4.18. The Morgan fingerprint density at radius 3 is 1.91 bits per heavy atom. The number of allylic oxidation sites excluding steroid dienone is 2. The summed E-state index contributed by atoms with van der Waals surface area (Å²) >= 11 is 0. The van der Waals surface area contributed by atoms with E-state index in [1.807, 2.05) is 36.4 Å². The minimum Gasteiger partial charge on any atom is -0.426 e. The zero-order valence-electron chi connectivity index (χ0n) is 18.5. The van der Waals surface area contributed by atoms with Gasteiger partial charge in [-0.2, -0.15) is 0 Å². The third kappa shape index (κ3) is 5.36. The minimum absolute atomic E-state index is 0.305. The first kappa shape index (κ1) is 21.6. The highest BCUT2D eigenvalue weighted by molar-refractivity contribution is 5.83. The number of hydrogen-bond donors (Lipinski definition) is 0. The van der Waals surface area contributed by atoms with E-state index in [2.05, 4.69) is 65.6 Å². The van der Waals surface area contributed by atoms with Crippen molar-refractivity contribution < 1.29 is 9.53 Å². The molecule has 4 rings (SSSR count). The molecule has 1 saturated heterocycles. The number of esters is 1. The Labute approximate surface area is 190 Å². The molecule has 0 spiro atoms. The zero-order chi connectivity index (χ0) is 22.2. The second-order valence-corrected chi connectivity index (χ2v) is 8.00. The molecule has 0 amide bonds. The fraction of sp³-hybridized carbons (Fsp3) is 0.207. The van der Waals surface area contributed by atoms with Crippen LogP contribution in [0.2, 0.25) is 0 Å². The molecule has 1 heterocycles. The lowest BCUT2D eigenvalue weighted by molar-refractivity contribution is -0.131. The van der Waals surface area contributed by atoms with E-state index in [9.17, 15) is 4.79 Å². The topological polar surface area (TPSA) is 29.5 Å². The first-order valence-electron chi connectivity index (χ1n) is 11.3. The van der Waals surface area contributed by atoms with Crippen molar-refractivity contribution in [2.24, 2.45) is 0 Å². The van der Waals surface area contributed by atoms with Crippen LogP contribution in [-0.2, 0) is 4.79 Å². The SMILES string of the molecule is CC(=O)Oc1ccccc1C(=CC=C(c1ccccc1)c1ccccc1)N1CCCCC1. The van der Waals surface area contributed by atoms with Gasteiger partial charge < -0.3 is 9.64 Å². The van der Waals surface area contributed by atoms with E-state index in [4.69, 9.17) is 4.74 Å². The summed E-state index contributed by atoms with van der Waals surface area (Å²) in [5.74, 6) is 0.298. The molecular weight excluding hydrogens is 394 g/mol. The van der Waals surface area contributed by atoms with Crippen LogP contribution in [0.15, 0.2) is 97.1 Å². The molecule has 0 unspecified atom stereocenters. The van der Waals surface area contributed by atoms with Crippen LogP contribution in [0.25, 0.3) is 11.3 Å². The maximum Gasteiger partial charge on any atom is 0.308 e. The lowest BCUT2D eigenvalue weighted by Gasteiger charge is -2.32. The van der Waals surface area contributed by atoms with Gasteiger partial charge in [-0.3, -0.25) is 4.79 Å². The van der Waals surface area contributed by atoms with Crippen molar-refractivity contribution in [2.75, 3.05) is 13.1 Å². The molecule has 162 valence electrons. The molecule has 1 fully saturated rings. The van der Waals surface area contributed by atoms with Crippen molar-refractivity contribution in [2.45, 2.75) is 26.2 Å². The third-order valence-electron chi connectivity index (χ3n) is 5.69. The number of piperidine rings is 1. The minimum atomic E-state index is -0.305. The van der Waals surface area contributed by atoms with Gasteiger partial charge in [0.25, 0.3) is 0 Å². The van der Waals surface area contributed by atoms with Gasteiger partial charge in [0.2, 0.25) is 0 Å². The Morgan fingerprint density at radius 1 is 0.750 bits per heavy atom. The second kappa shape index (κ2) is 10.6. The van der Waals surface area contributed by atoms with E-state index < -0.39 is 0 Å². The molecule has 0 bridgehead atoms. The summed E-state index contributed by atoms with van der Waals surface area (Å²) in [5, 5.41) is 0. The predicted molar refractivity (Wildman–Crippen MR) is 131 cm³/mol. The van der Waals surface area contributed by atoms with Gasteiger partial charge in [0.1, 0.15) is 5.75 Å². The average Bonchev–Trinajstić information content (AvgIpc) is 2.84. The molecule has 3 heteroatoms. The van der Waals surface area contributed by atoms with Crippen LogP contribution in [0, 0.1) is 0 Å². The van der Waals surface area contributed by atoms with Crippen molar-refractivity contribution in [3.8, 4) is 5.75 Å². The molecule has 0 aliphatic carbocycles. The number of carbonyl (C=O) groups is 1. The highest BCUT2D eigenvalue weighted by atomic mass is 16.5. The number of nitrogens with zero attached hydrogens (tertiary/aromatic N) is 1. The van der Waals surface area contributed by atoms with Crippen molar-refractivity contribution in [1.29, 1.82) is 0 Å². The molecule has 0 N–H and O–H groups in total. The van der Waals surface area contributed by atoms with Crippen LogP contribution >= 0.6 is 0 Å². The highest BCUT2D eigenvalue weighted by Gasteiger charge is 2.18. The van der Waals surface area contributed by atoms with Gasteiger partial charge in [0.15, 0.2) is 0 Å². The molecule has 3 aromatic carbocycles. The number of rotatable bonds is 6. The summed E-state index contributed by atoms with van der Waals surface area (Å²) in [5.41, 5.74) is 5.53. The van der Waals surface area contributed by atoms with Crippen LogP contribution in [0.1, 0.15) is 42.9 Å². The highest BCUT2D eigenvalue weighted by Crippen LogP contribution is 2.32. The molecule has 3 nitrogen and oxygen atoms in total. The zero-order valence-corrected chi connectivity index (χ0v) is 18.5. The Hall–Kier alpha value is -3.59. The quantitative estimate of drug-likeness (QED) is 0.255. The van der Waals surface area contributed by atoms with Crippen LogP contribution in [0.5, 0.6) is 5.75 Å². The maximum absolute atomic E-state index is 11.7. The van der Waals surface area contributed by atoms with Crippen LogP contribution in [-0.4, -0.2) is 24.0 Å². The van der Waals surface area contributed by atoms with Crippen LogP contribution in [0.3, 0.4) is 0 Å². The van der Waals surface area contributed by atoms with Crippen molar-refractivity contribution >= 4 is 17.2 Å². The molecule has 0 atom stereocenters. The monoisotopic (exact) mass is 423 g/mol. The first-order chi connectivity index (χ1) is 15.7. The normalized spacial score (nSPS) is 14.0. The molecule has 0 radical (unpaired) electrons. The Morgan fingerprint density at radius 2 is 1.31 bits per heavy atom. The van der Waals surface area contributed by atoms with Gasteiger partial charge in [-0.05, 0) is 54.2 Å². The average molecular weight is 424 g/mol. The predicted octanol–water partition coefficient (Wildman–Crippen LogP) is 6.57. The standard InChI is InChI=1S/C29H29NO2/c1-23(31)32-29-18-10-9-17-27(29)28(30-21-11-4-12-22-30)20-19-26(24-13-5-2-6-14-24)25-15-7-3-8-16-25/h2-3,5-10,13-20H,4,11-12,21-22H2,1H3. The Bertz CT molecular complexity index is 1050. The second-order valence-electron chi connectivity index (χ2n) is 8.00. The van der Waals surface area contributed by atoms with Gasteiger partial charge >= 0.3 is 5.97 Å². The number of hydrogen-bond acceptors (Lipinski definition) is 3. The first-order valence-corrected chi connectivity index (χ1v) is 11.3. The smallest absolute Gasteiger partial charge is 0.308 e. The number of carbonyl (C=O) groups excluding carboxylic acids is 1. The molecule has 3 aromatic rings. The number of benzene rings is 3. The van der Waals surface area contributed by atoms with Crippen molar-refractivity contribution in [1.82, 2.24) is 4.90 Å². The Kier molecular flexibility index (Phi) is 7.19. The van der Waals surface area contributed by atoms with Crippen LogP contribution < -0.4 is 4.74 Å². The summed E-state index contributed by atoms with van der Waals surface area (Å²) in [4.78, 5) is 14.1. The van der Waals surface area contributed by atoms with E-state index in [-0.39, 0.29) is 5.97 Å². The summed E-state index contributed by atoms with van der Waals surface area (Å²) in [6, 6.07) is 28.7. The van der Waals surface area contributed by atoms with E-state index >= 15 is 0 Å². The number of para-hydroxylation sites is 1.